The normalized spacial score (nSPS) is 18.8. The van der Waals surface area contributed by atoms with Crippen LogP contribution in [0.3, 0.4) is 0 Å². The average molecular weight is 174 g/mol. The summed E-state index contributed by atoms with van der Waals surface area (Å²) in [6.07, 6.45) is 7.85. The SMILES string of the molecule is [NH3+]c1c2c(cc3c1CCC3)CCC2. The Hall–Kier alpha value is -0.820. The first kappa shape index (κ1) is 7.57. The molecule has 0 unspecified atom stereocenters. The van der Waals surface area contributed by atoms with Gasteiger partial charge < -0.3 is 5.73 Å². The molecule has 0 atom stereocenters. The van der Waals surface area contributed by atoms with Crippen molar-refractivity contribution in [2.75, 3.05) is 0 Å². The maximum Gasteiger partial charge on any atom is 0.134 e. The van der Waals surface area contributed by atoms with E-state index in [0.29, 0.717) is 0 Å². The molecular weight excluding hydrogens is 158 g/mol. The van der Waals surface area contributed by atoms with Crippen LogP contribution in [-0.2, 0) is 25.7 Å². The van der Waals surface area contributed by atoms with E-state index in [1.54, 1.807) is 22.3 Å². The van der Waals surface area contributed by atoms with Crippen LogP contribution in [0.1, 0.15) is 35.1 Å². The van der Waals surface area contributed by atoms with E-state index in [0.717, 1.165) is 0 Å². The number of hydrogen-bond acceptors (Lipinski definition) is 0. The van der Waals surface area contributed by atoms with Gasteiger partial charge in [-0.05, 0) is 49.7 Å². The lowest BCUT2D eigenvalue weighted by atomic mass is 9.99. The number of quaternary nitrogens is 1. The Balaban J connectivity index is 2.26. The topological polar surface area (TPSA) is 27.6 Å². The van der Waals surface area contributed by atoms with Crippen LogP contribution in [0.15, 0.2) is 6.07 Å². The van der Waals surface area contributed by atoms with Crippen molar-refractivity contribution in [1.29, 1.82) is 0 Å². The van der Waals surface area contributed by atoms with E-state index in [9.17, 15) is 0 Å². The van der Waals surface area contributed by atoms with Gasteiger partial charge in [-0.15, -0.1) is 0 Å². The second-order valence-electron chi connectivity index (χ2n) is 4.34. The molecular formula is C12H16N+. The Labute approximate surface area is 78.9 Å². The van der Waals surface area contributed by atoms with Gasteiger partial charge in [-0.1, -0.05) is 6.07 Å². The monoisotopic (exact) mass is 174 g/mol. The molecule has 13 heavy (non-hydrogen) atoms. The Bertz CT molecular complexity index is 334. The quantitative estimate of drug-likeness (QED) is 0.618. The standard InChI is InChI=1S/C12H15N/c13-12-10-5-1-3-8(10)7-9-4-2-6-11(9)12/h7H,1-6,13H2/p+1. The van der Waals surface area contributed by atoms with Crippen molar-refractivity contribution >= 4 is 5.69 Å². The van der Waals surface area contributed by atoms with E-state index < -0.39 is 0 Å². The third-order valence-corrected chi connectivity index (χ3v) is 3.60. The van der Waals surface area contributed by atoms with Gasteiger partial charge >= 0.3 is 0 Å². The predicted molar refractivity (Wildman–Crippen MR) is 53.0 cm³/mol. The molecule has 0 heterocycles. The van der Waals surface area contributed by atoms with Crippen LogP contribution in [0.4, 0.5) is 5.69 Å². The first-order valence-electron chi connectivity index (χ1n) is 5.35. The minimum Gasteiger partial charge on any atom is -0.325 e. The highest BCUT2D eigenvalue weighted by Crippen LogP contribution is 2.35. The van der Waals surface area contributed by atoms with Crippen molar-refractivity contribution in [3.8, 4) is 0 Å². The third-order valence-electron chi connectivity index (χ3n) is 3.60. The molecule has 1 aromatic carbocycles. The van der Waals surface area contributed by atoms with E-state index in [4.69, 9.17) is 0 Å². The minimum atomic E-state index is 1.28. The van der Waals surface area contributed by atoms with E-state index in [1.165, 1.54) is 44.2 Å². The van der Waals surface area contributed by atoms with Crippen LogP contribution in [0, 0.1) is 0 Å². The van der Waals surface area contributed by atoms with E-state index in [-0.39, 0.29) is 0 Å². The maximum atomic E-state index is 4.26. The molecule has 2 aliphatic carbocycles. The molecule has 0 amide bonds. The van der Waals surface area contributed by atoms with Crippen molar-refractivity contribution in [3.63, 3.8) is 0 Å². The molecule has 1 heteroatoms. The van der Waals surface area contributed by atoms with Crippen LogP contribution in [0.5, 0.6) is 0 Å². The first-order chi connectivity index (χ1) is 6.36. The zero-order valence-electron chi connectivity index (χ0n) is 8.03. The highest BCUT2D eigenvalue weighted by molar-refractivity contribution is 5.57. The molecule has 0 bridgehead atoms. The number of fused-ring (bicyclic) bond motifs is 2. The molecule has 3 N–H and O–H groups in total. The lowest BCUT2D eigenvalue weighted by Gasteiger charge is -2.06. The summed E-state index contributed by atoms with van der Waals surface area (Å²) in [5.41, 5.74) is 12.0. The molecule has 68 valence electrons. The zero-order chi connectivity index (χ0) is 8.84. The molecule has 0 aliphatic heterocycles. The molecule has 0 fully saturated rings. The molecule has 0 saturated heterocycles. The Kier molecular flexibility index (Phi) is 1.50. The van der Waals surface area contributed by atoms with Crippen molar-refractivity contribution in [2.24, 2.45) is 0 Å². The number of rotatable bonds is 0. The summed E-state index contributed by atoms with van der Waals surface area (Å²) in [4.78, 5) is 0. The molecule has 3 rings (SSSR count). The van der Waals surface area contributed by atoms with Crippen LogP contribution in [0.2, 0.25) is 0 Å². The highest BCUT2D eigenvalue weighted by atomic mass is 14.6. The fraction of sp³-hybridized carbons (Fsp3) is 0.500. The van der Waals surface area contributed by atoms with Crippen molar-refractivity contribution in [1.82, 2.24) is 0 Å². The summed E-state index contributed by atoms with van der Waals surface area (Å²) in [5.74, 6) is 0. The molecule has 1 nitrogen and oxygen atoms in total. The summed E-state index contributed by atoms with van der Waals surface area (Å²) in [6.45, 7) is 0. The second kappa shape index (κ2) is 2.58. The first-order valence-corrected chi connectivity index (χ1v) is 5.35. The van der Waals surface area contributed by atoms with E-state index in [2.05, 4.69) is 11.8 Å². The fourth-order valence-electron chi connectivity index (χ4n) is 2.93. The number of hydrogen-bond donors (Lipinski definition) is 1. The lowest BCUT2D eigenvalue weighted by molar-refractivity contribution is -0.256. The van der Waals surface area contributed by atoms with Crippen LogP contribution in [-0.4, -0.2) is 0 Å². The fourth-order valence-corrected chi connectivity index (χ4v) is 2.93. The Morgan fingerprint density at radius 2 is 1.38 bits per heavy atom. The van der Waals surface area contributed by atoms with Gasteiger partial charge in [-0.3, -0.25) is 0 Å². The summed E-state index contributed by atoms with van der Waals surface area (Å²) in [5, 5.41) is 0. The van der Waals surface area contributed by atoms with Crippen molar-refractivity contribution in [2.45, 2.75) is 38.5 Å². The van der Waals surface area contributed by atoms with Gasteiger partial charge in [0.05, 0.1) is 0 Å². The van der Waals surface area contributed by atoms with Gasteiger partial charge in [-0.25, -0.2) is 0 Å². The number of aryl methyl sites for hydroxylation is 2. The van der Waals surface area contributed by atoms with Gasteiger partial charge in [0, 0.05) is 11.1 Å². The largest absolute Gasteiger partial charge is 0.325 e. The Morgan fingerprint density at radius 3 is 1.92 bits per heavy atom. The van der Waals surface area contributed by atoms with Crippen molar-refractivity contribution in [3.05, 3.63) is 28.3 Å². The Morgan fingerprint density at radius 1 is 0.846 bits per heavy atom. The summed E-state index contributed by atoms with van der Waals surface area (Å²) < 4.78 is 0. The predicted octanol–water partition coefficient (Wildman–Crippen LogP) is 1.54. The van der Waals surface area contributed by atoms with Crippen LogP contribution in [0.25, 0.3) is 0 Å². The molecule has 0 spiro atoms. The van der Waals surface area contributed by atoms with Crippen molar-refractivity contribution < 1.29 is 5.73 Å². The van der Waals surface area contributed by atoms with Crippen LogP contribution >= 0.6 is 0 Å². The average Bonchev–Trinajstić information content (AvgIpc) is 2.71. The van der Waals surface area contributed by atoms with Crippen LogP contribution < -0.4 is 5.73 Å². The zero-order valence-corrected chi connectivity index (χ0v) is 8.03. The third kappa shape index (κ3) is 0.969. The van der Waals surface area contributed by atoms with Gasteiger partial charge in [0.15, 0.2) is 0 Å². The smallest absolute Gasteiger partial charge is 0.134 e. The van der Waals surface area contributed by atoms with Gasteiger partial charge in [0.25, 0.3) is 0 Å². The molecule has 0 radical (unpaired) electrons. The summed E-state index contributed by atoms with van der Waals surface area (Å²) in [7, 11) is 0. The van der Waals surface area contributed by atoms with Gasteiger partial charge in [0.1, 0.15) is 5.69 Å². The maximum absolute atomic E-state index is 4.26. The highest BCUT2D eigenvalue weighted by Gasteiger charge is 2.24. The molecule has 1 aromatic rings. The van der Waals surface area contributed by atoms with Gasteiger partial charge in [0.2, 0.25) is 0 Å². The molecule has 0 saturated carbocycles. The van der Waals surface area contributed by atoms with E-state index >= 15 is 0 Å². The number of benzene rings is 1. The van der Waals surface area contributed by atoms with E-state index in [1.807, 2.05) is 0 Å². The molecule has 0 aromatic heterocycles. The molecule has 2 aliphatic rings. The minimum absolute atomic E-state index is 1.28. The summed E-state index contributed by atoms with van der Waals surface area (Å²) >= 11 is 0. The second-order valence-corrected chi connectivity index (χ2v) is 4.34. The summed E-state index contributed by atoms with van der Waals surface area (Å²) in [6, 6.07) is 2.46. The lowest BCUT2D eigenvalue weighted by Crippen LogP contribution is -2.42. The van der Waals surface area contributed by atoms with Gasteiger partial charge in [-0.2, -0.15) is 0 Å².